The summed E-state index contributed by atoms with van der Waals surface area (Å²) < 4.78 is 47.8. The van der Waals surface area contributed by atoms with E-state index in [1.54, 1.807) is 12.2 Å². The highest BCUT2D eigenvalue weighted by molar-refractivity contribution is 7.47. The van der Waals surface area contributed by atoms with E-state index in [0.29, 0.717) is 19.3 Å². The Morgan fingerprint density at radius 2 is 1.08 bits per heavy atom. The maximum atomic E-state index is 12.7. The molecule has 0 aliphatic heterocycles. The lowest BCUT2D eigenvalue weighted by atomic mass is 10.0. The second-order valence-corrected chi connectivity index (χ2v) is 19.8. The molecule has 370 valence electrons. The van der Waals surface area contributed by atoms with E-state index in [-0.39, 0.29) is 12.8 Å². The number of hydrogen-bond donors (Lipinski definition) is 5. The van der Waals surface area contributed by atoms with Crippen LogP contribution in [0.4, 0.5) is 0 Å². The third-order valence-electron chi connectivity index (χ3n) is 10.3. The Morgan fingerprint density at radius 3 is 1.67 bits per heavy atom. The molecule has 0 spiro atoms. The van der Waals surface area contributed by atoms with Gasteiger partial charge < -0.3 is 34.4 Å². The smallest absolute Gasteiger partial charge is 0.462 e. The van der Waals surface area contributed by atoms with E-state index >= 15 is 0 Å². The van der Waals surface area contributed by atoms with Gasteiger partial charge in [-0.25, -0.2) is 9.13 Å². The molecule has 2 unspecified atom stereocenters. The molecule has 0 aromatic rings. The van der Waals surface area contributed by atoms with Crippen LogP contribution >= 0.6 is 15.6 Å². The van der Waals surface area contributed by atoms with E-state index in [4.69, 9.17) is 23.8 Å². The topological polar surface area (TPSA) is 216 Å². The predicted octanol–water partition coefficient (Wildman–Crippen LogP) is 11.7. The Balaban J connectivity index is 4.60. The standard InChI is InChI=1S/C47H88O14P2/c1-4-5-6-7-8-9-10-14-18-21-24-27-30-34-43(48)35-32-37-46(50)57-40-45(41-60-63(55,56)59-39-44(49)38-58-62(52,53)54)61-47(51)36-31-28-25-22-19-16-13-11-12-15-17-20-23-26-29-33-42(2)3/h14,18,24,27,30,34,42-45,48-49H,4-13,15-17,19-23,25-26,28-29,31-33,35-41H2,1-3H3,(H,55,56)(H2,52,53,54)/b18-14+,27-24+,34-30+/t43?,44-,45+/m0/s1. The van der Waals surface area contributed by atoms with Gasteiger partial charge in [-0.15, -0.1) is 0 Å². The third-order valence-corrected chi connectivity index (χ3v) is 11.7. The summed E-state index contributed by atoms with van der Waals surface area (Å²) in [6.07, 6.45) is 37.4. The summed E-state index contributed by atoms with van der Waals surface area (Å²) in [5.41, 5.74) is 0. The molecular formula is C47H88O14P2. The molecule has 0 saturated carbocycles. The molecule has 0 rings (SSSR count). The zero-order chi connectivity index (χ0) is 46.9. The molecule has 0 aliphatic rings. The summed E-state index contributed by atoms with van der Waals surface area (Å²) in [6.45, 7) is 3.90. The van der Waals surface area contributed by atoms with Crippen LogP contribution in [0, 0.1) is 5.92 Å². The molecule has 0 aromatic carbocycles. The summed E-state index contributed by atoms with van der Waals surface area (Å²) >= 11 is 0. The minimum absolute atomic E-state index is 0.0272. The fourth-order valence-electron chi connectivity index (χ4n) is 6.60. The van der Waals surface area contributed by atoms with Crippen molar-refractivity contribution in [1.29, 1.82) is 0 Å². The van der Waals surface area contributed by atoms with Crippen LogP contribution in [0.2, 0.25) is 0 Å². The van der Waals surface area contributed by atoms with Gasteiger partial charge in [-0.3, -0.25) is 23.2 Å². The van der Waals surface area contributed by atoms with Crippen molar-refractivity contribution in [2.75, 3.05) is 26.4 Å². The van der Waals surface area contributed by atoms with Crippen molar-refractivity contribution in [2.24, 2.45) is 5.92 Å². The van der Waals surface area contributed by atoms with Gasteiger partial charge in [0.15, 0.2) is 6.10 Å². The van der Waals surface area contributed by atoms with Crippen molar-refractivity contribution in [2.45, 2.75) is 219 Å². The first-order valence-electron chi connectivity index (χ1n) is 24.1. The van der Waals surface area contributed by atoms with Crippen LogP contribution < -0.4 is 0 Å². The minimum Gasteiger partial charge on any atom is -0.462 e. The number of rotatable bonds is 45. The first kappa shape index (κ1) is 61.3. The summed E-state index contributed by atoms with van der Waals surface area (Å²) in [6, 6.07) is 0. The van der Waals surface area contributed by atoms with E-state index < -0.39 is 72.3 Å². The second kappa shape index (κ2) is 41.7. The number of carbonyl (C=O) groups is 2. The number of unbranched alkanes of at least 4 members (excludes halogenated alkanes) is 20. The average molecular weight is 939 g/mol. The highest BCUT2D eigenvalue weighted by atomic mass is 31.2. The number of phosphoric acid groups is 2. The molecule has 0 fully saturated rings. The number of hydrogen-bond acceptors (Lipinski definition) is 11. The Labute approximate surface area is 380 Å². The highest BCUT2D eigenvalue weighted by Gasteiger charge is 2.28. The Kier molecular flexibility index (Phi) is 40.6. The average Bonchev–Trinajstić information content (AvgIpc) is 3.22. The second-order valence-electron chi connectivity index (χ2n) is 17.1. The van der Waals surface area contributed by atoms with E-state index in [2.05, 4.69) is 42.0 Å². The van der Waals surface area contributed by atoms with Gasteiger partial charge in [-0.2, -0.15) is 0 Å². The zero-order valence-electron chi connectivity index (χ0n) is 39.2. The Bertz CT molecular complexity index is 1280. The fourth-order valence-corrected chi connectivity index (χ4v) is 7.76. The number of phosphoric ester groups is 2. The molecule has 5 N–H and O–H groups in total. The molecule has 0 aliphatic carbocycles. The normalized spacial score (nSPS) is 14.8. The van der Waals surface area contributed by atoms with Gasteiger partial charge in [-0.1, -0.05) is 186 Å². The van der Waals surface area contributed by atoms with Crippen molar-refractivity contribution >= 4 is 27.6 Å². The quantitative estimate of drug-likeness (QED) is 0.0126. The molecule has 16 heteroatoms. The molecule has 0 radical (unpaired) electrons. The first-order valence-corrected chi connectivity index (χ1v) is 27.2. The van der Waals surface area contributed by atoms with Crippen molar-refractivity contribution < 1.29 is 66.7 Å². The van der Waals surface area contributed by atoms with Gasteiger partial charge in [0.05, 0.1) is 25.9 Å². The van der Waals surface area contributed by atoms with Gasteiger partial charge in [0, 0.05) is 12.8 Å². The highest BCUT2D eigenvalue weighted by Crippen LogP contribution is 2.44. The predicted molar refractivity (Wildman–Crippen MR) is 250 cm³/mol. The van der Waals surface area contributed by atoms with Crippen LogP contribution in [0.25, 0.3) is 0 Å². The Hall–Kier alpha value is -1.70. The third kappa shape index (κ3) is 46.6. The van der Waals surface area contributed by atoms with Gasteiger partial charge in [0.2, 0.25) is 0 Å². The van der Waals surface area contributed by atoms with Crippen LogP contribution in [0.3, 0.4) is 0 Å². The van der Waals surface area contributed by atoms with Crippen LogP contribution in [0.1, 0.15) is 201 Å². The summed E-state index contributed by atoms with van der Waals surface area (Å²) in [5, 5.41) is 20.0. The summed E-state index contributed by atoms with van der Waals surface area (Å²) in [4.78, 5) is 52.8. The van der Waals surface area contributed by atoms with Crippen LogP contribution in [0.15, 0.2) is 36.5 Å². The molecule has 0 heterocycles. The molecule has 0 amide bonds. The van der Waals surface area contributed by atoms with Gasteiger partial charge >= 0.3 is 27.6 Å². The van der Waals surface area contributed by atoms with Crippen LogP contribution in [-0.4, -0.2) is 81.6 Å². The molecule has 0 aromatic heterocycles. The van der Waals surface area contributed by atoms with E-state index in [9.17, 15) is 33.8 Å². The molecule has 0 saturated heterocycles. The van der Waals surface area contributed by atoms with E-state index in [0.717, 1.165) is 44.4 Å². The number of aliphatic hydroxyl groups excluding tert-OH is 2. The summed E-state index contributed by atoms with van der Waals surface area (Å²) in [7, 11) is -9.73. The largest absolute Gasteiger partial charge is 0.472 e. The van der Waals surface area contributed by atoms with Crippen molar-refractivity contribution in [3.05, 3.63) is 36.5 Å². The zero-order valence-corrected chi connectivity index (χ0v) is 41.0. The van der Waals surface area contributed by atoms with Gasteiger partial charge in [-0.05, 0) is 44.4 Å². The molecule has 4 atom stereocenters. The van der Waals surface area contributed by atoms with Crippen molar-refractivity contribution in [3.8, 4) is 0 Å². The lowest BCUT2D eigenvalue weighted by Gasteiger charge is -2.20. The maximum Gasteiger partial charge on any atom is 0.472 e. The number of allylic oxidation sites excluding steroid dienone is 5. The lowest BCUT2D eigenvalue weighted by Crippen LogP contribution is -2.30. The molecule has 0 bridgehead atoms. The van der Waals surface area contributed by atoms with E-state index in [1.807, 2.05) is 12.2 Å². The molecule has 63 heavy (non-hydrogen) atoms. The maximum absolute atomic E-state index is 12.7. The van der Waals surface area contributed by atoms with Gasteiger partial charge in [0.1, 0.15) is 12.7 Å². The Morgan fingerprint density at radius 1 is 0.556 bits per heavy atom. The lowest BCUT2D eigenvalue weighted by molar-refractivity contribution is -0.161. The summed E-state index contributed by atoms with van der Waals surface area (Å²) in [5.74, 6) is -0.413. The van der Waals surface area contributed by atoms with Gasteiger partial charge in [0.25, 0.3) is 0 Å². The monoisotopic (exact) mass is 939 g/mol. The number of esters is 2. The molecule has 14 nitrogen and oxygen atoms in total. The molecular weight excluding hydrogens is 850 g/mol. The minimum atomic E-state index is -4.88. The van der Waals surface area contributed by atoms with Crippen LogP contribution in [0.5, 0.6) is 0 Å². The number of ether oxygens (including phenoxy) is 2. The SMILES string of the molecule is CCCCCCCC/C=C/C/C=C/C=C/C(O)CCCC(=O)OC[C@H](COP(=O)(O)OC[C@@H](O)COP(=O)(O)O)OC(=O)CCCCCCCCCCCCCCCCCC(C)C. The fraction of sp³-hybridized carbons (Fsp3) is 0.830. The van der Waals surface area contributed by atoms with Crippen LogP contribution in [-0.2, 0) is 41.8 Å². The van der Waals surface area contributed by atoms with Crippen molar-refractivity contribution in [1.82, 2.24) is 0 Å². The number of aliphatic hydroxyl groups is 2. The first-order chi connectivity index (χ1) is 30.1. The van der Waals surface area contributed by atoms with E-state index in [1.165, 1.54) is 109 Å². The number of carbonyl (C=O) groups excluding carboxylic acids is 2. The van der Waals surface area contributed by atoms with Crippen molar-refractivity contribution in [3.63, 3.8) is 0 Å².